The lowest BCUT2D eigenvalue weighted by atomic mass is 9.96. The van der Waals surface area contributed by atoms with E-state index in [0.717, 1.165) is 44.5 Å². The molecule has 4 aromatic rings. The lowest BCUT2D eigenvalue weighted by Crippen LogP contribution is -1.96. The zero-order valence-electron chi connectivity index (χ0n) is 17.8. The molecule has 0 aliphatic heterocycles. The second-order valence-corrected chi connectivity index (χ2v) is 8.60. The minimum absolute atomic E-state index is 0.123. The number of ketones is 1. The number of rotatable bonds is 2. The Kier molecular flexibility index (Phi) is 4.22. The van der Waals surface area contributed by atoms with Gasteiger partial charge in [-0.15, -0.1) is 0 Å². The fourth-order valence-electron chi connectivity index (χ4n) is 4.72. The smallest absolute Gasteiger partial charge is 0.194 e. The molecule has 146 valence electrons. The summed E-state index contributed by atoms with van der Waals surface area (Å²) < 4.78 is 0. The maximum absolute atomic E-state index is 13.3. The Bertz CT molecular complexity index is 1200. The van der Waals surface area contributed by atoms with Crippen LogP contribution in [0.3, 0.4) is 0 Å². The Morgan fingerprint density at radius 3 is 1.13 bits per heavy atom. The van der Waals surface area contributed by atoms with Gasteiger partial charge in [-0.05, 0) is 73.2 Å². The maximum Gasteiger partial charge on any atom is 0.194 e. The predicted octanol–water partition coefficient (Wildman–Crippen LogP) is 7.47. The van der Waals surface area contributed by atoms with Crippen LogP contribution in [0.25, 0.3) is 33.4 Å². The summed E-state index contributed by atoms with van der Waals surface area (Å²) in [6.07, 6.45) is 0. The zero-order chi connectivity index (χ0) is 21.0. The van der Waals surface area contributed by atoms with Crippen molar-refractivity contribution in [1.29, 1.82) is 0 Å². The summed E-state index contributed by atoms with van der Waals surface area (Å²) >= 11 is 0. The summed E-state index contributed by atoms with van der Waals surface area (Å²) in [7, 11) is 0. The molecular weight excluding hydrogens is 364 g/mol. The molecule has 1 nitrogen and oxygen atoms in total. The van der Waals surface area contributed by atoms with Gasteiger partial charge >= 0.3 is 0 Å². The third-order valence-electron chi connectivity index (χ3n) is 5.93. The van der Waals surface area contributed by atoms with E-state index in [-0.39, 0.29) is 5.78 Å². The van der Waals surface area contributed by atoms with E-state index in [1.54, 1.807) is 0 Å². The second-order valence-electron chi connectivity index (χ2n) is 8.60. The van der Waals surface area contributed by atoms with E-state index >= 15 is 0 Å². The first-order chi connectivity index (χ1) is 14.4. The van der Waals surface area contributed by atoms with Crippen molar-refractivity contribution >= 4 is 5.78 Å². The van der Waals surface area contributed by atoms with Crippen molar-refractivity contribution in [3.63, 3.8) is 0 Å². The van der Waals surface area contributed by atoms with Gasteiger partial charge in [-0.1, -0.05) is 82.9 Å². The molecule has 0 aromatic heterocycles. The fourth-order valence-corrected chi connectivity index (χ4v) is 4.72. The van der Waals surface area contributed by atoms with Gasteiger partial charge in [-0.2, -0.15) is 0 Å². The standard InChI is InChI=1S/C29H24O/c1-17-9-18(2)12-23(11-17)21-5-7-25-26-8-6-22(16-28(26)29(30)27(25)15-21)24-13-19(3)10-20(4)14-24/h5-16H,1-4H3. The highest BCUT2D eigenvalue weighted by Crippen LogP contribution is 2.40. The van der Waals surface area contributed by atoms with Crippen LogP contribution in [0.4, 0.5) is 0 Å². The van der Waals surface area contributed by atoms with Gasteiger partial charge in [-0.25, -0.2) is 0 Å². The van der Waals surface area contributed by atoms with Crippen LogP contribution in [-0.2, 0) is 0 Å². The highest BCUT2D eigenvalue weighted by atomic mass is 16.1. The molecule has 0 saturated carbocycles. The van der Waals surface area contributed by atoms with Crippen LogP contribution < -0.4 is 0 Å². The molecule has 0 N–H and O–H groups in total. The quantitative estimate of drug-likeness (QED) is 0.307. The van der Waals surface area contributed by atoms with Gasteiger partial charge in [0.05, 0.1) is 0 Å². The molecule has 30 heavy (non-hydrogen) atoms. The van der Waals surface area contributed by atoms with E-state index in [4.69, 9.17) is 0 Å². The van der Waals surface area contributed by atoms with Gasteiger partial charge < -0.3 is 0 Å². The van der Waals surface area contributed by atoms with E-state index < -0.39 is 0 Å². The van der Waals surface area contributed by atoms with Crippen molar-refractivity contribution < 1.29 is 4.79 Å². The molecule has 0 atom stereocenters. The number of benzene rings is 4. The summed E-state index contributed by atoms with van der Waals surface area (Å²) in [5, 5.41) is 0. The summed E-state index contributed by atoms with van der Waals surface area (Å²) in [4.78, 5) is 13.3. The van der Waals surface area contributed by atoms with Gasteiger partial charge in [0.15, 0.2) is 5.78 Å². The van der Waals surface area contributed by atoms with Crippen LogP contribution >= 0.6 is 0 Å². The minimum Gasteiger partial charge on any atom is -0.289 e. The van der Waals surface area contributed by atoms with E-state index in [0.29, 0.717) is 0 Å². The first-order valence-corrected chi connectivity index (χ1v) is 10.4. The molecule has 1 heteroatoms. The maximum atomic E-state index is 13.3. The van der Waals surface area contributed by atoms with Gasteiger partial charge in [0.25, 0.3) is 0 Å². The van der Waals surface area contributed by atoms with Gasteiger partial charge in [-0.3, -0.25) is 4.79 Å². The Morgan fingerprint density at radius 2 is 0.767 bits per heavy atom. The van der Waals surface area contributed by atoms with Crippen molar-refractivity contribution in [2.45, 2.75) is 27.7 Å². The van der Waals surface area contributed by atoms with Crippen molar-refractivity contribution in [2.75, 3.05) is 0 Å². The Hall–Kier alpha value is -3.45. The number of hydrogen-bond acceptors (Lipinski definition) is 1. The molecule has 0 bridgehead atoms. The van der Waals surface area contributed by atoms with Crippen molar-refractivity contribution in [3.8, 4) is 33.4 Å². The summed E-state index contributed by atoms with van der Waals surface area (Å²) in [6, 6.07) is 25.6. The van der Waals surface area contributed by atoms with Crippen LogP contribution in [0.2, 0.25) is 0 Å². The lowest BCUT2D eigenvalue weighted by Gasteiger charge is -2.08. The van der Waals surface area contributed by atoms with Crippen LogP contribution in [-0.4, -0.2) is 5.78 Å². The Balaban J connectivity index is 1.59. The van der Waals surface area contributed by atoms with E-state index in [1.165, 1.54) is 22.3 Å². The molecule has 5 rings (SSSR count). The lowest BCUT2D eigenvalue weighted by molar-refractivity contribution is 0.104. The van der Waals surface area contributed by atoms with E-state index in [9.17, 15) is 4.79 Å². The topological polar surface area (TPSA) is 17.1 Å². The molecule has 1 aliphatic rings. The van der Waals surface area contributed by atoms with Crippen LogP contribution in [0.5, 0.6) is 0 Å². The predicted molar refractivity (Wildman–Crippen MR) is 125 cm³/mol. The molecule has 0 spiro atoms. The number of carbonyl (C=O) groups is 1. The molecule has 4 aromatic carbocycles. The monoisotopic (exact) mass is 388 g/mol. The van der Waals surface area contributed by atoms with Crippen LogP contribution in [0.15, 0.2) is 72.8 Å². The molecule has 0 unspecified atom stereocenters. The number of carbonyl (C=O) groups excluding carboxylic acids is 1. The first-order valence-electron chi connectivity index (χ1n) is 10.4. The number of hydrogen-bond donors (Lipinski definition) is 0. The third kappa shape index (κ3) is 3.07. The van der Waals surface area contributed by atoms with Crippen molar-refractivity contribution in [2.24, 2.45) is 0 Å². The van der Waals surface area contributed by atoms with Crippen molar-refractivity contribution in [1.82, 2.24) is 0 Å². The average Bonchev–Trinajstić information content (AvgIpc) is 2.98. The summed E-state index contributed by atoms with van der Waals surface area (Å²) in [6.45, 7) is 8.44. The molecule has 0 heterocycles. The molecule has 0 radical (unpaired) electrons. The second kappa shape index (κ2) is 6.81. The fraction of sp³-hybridized carbons (Fsp3) is 0.138. The van der Waals surface area contributed by atoms with E-state index in [2.05, 4.69) is 100 Å². The summed E-state index contributed by atoms with van der Waals surface area (Å²) in [5.74, 6) is 0.123. The van der Waals surface area contributed by atoms with Crippen LogP contribution in [0, 0.1) is 27.7 Å². The summed E-state index contributed by atoms with van der Waals surface area (Å²) in [5.41, 5.74) is 13.1. The van der Waals surface area contributed by atoms with Gasteiger partial charge in [0.1, 0.15) is 0 Å². The van der Waals surface area contributed by atoms with Crippen molar-refractivity contribution in [3.05, 3.63) is 106 Å². The van der Waals surface area contributed by atoms with E-state index in [1.807, 2.05) is 0 Å². The van der Waals surface area contributed by atoms with Gasteiger partial charge in [0.2, 0.25) is 0 Å². The third-order valence-corrected chi connectivity index (χ3v) is 5.93. The minimum atomic E-state index is 0.123. The zero-order valence-corrected chi connectivity index (χ0v) is 17.8. The SMILES string of the molecule is Cc1cc(C)cc(-c2ccc3c(c2)C(=O)c2cc(-c4cc(C)cc(C)c4)ccc2-3)c1. The first kappa shape index (κ1) is 18.6. The normalized spacial score (nSPS) is 12.1. The van der Waals surface area contributed by atoms with Crippen LogP contribution in [0.1, 0.15) is 38.2 Å². The number of fused-ring (bicyclic) bond motifs is 3. The highest BCUT2D eigenvalue weighted by Gasteiger charge is 2.27. The Labute approximate surface area is 178 Å². The Morgan fingerprint density at radius 1 is 0.400 bits per heavy atom. The largest absolute Gasteiger partial charge is 0.289 e. The van der Waals surface area contributed by atoms with Gasteiger partial charge in [0, 0.05) is 11.1 Å². The highest BCUT2D eigenvalue weighted by molar-refractivity contribution is 6.22. The molecule has 0 fully saturated rings. The molecular formula is C29H24O. The molecule has 0 amide bonds. The number of aryl methyl sites for hydroxylation is 4. The molecule has 1 aliphatic carbocycles. The molecule has 0 saturated heterocycles. The average molecular weight is 389 g/mol.